The molecular formula is C12H16ClNO3. The first-order chi connectivity index (χ1) is 7.99. The van der Waals surface area contributed by atoms with E-state index in [1.807, 2.05) is 6.92 Å². The highest BCUT2D eigenvalue weighted by molar-refractivity contribution is 6.31. The lowest BCUT2D eigenvalue weighted by Gasteiger charge is -2.16. The molecule has 0 aromatic heterocycles. The third kappa shape index (κ3) is 3.35. The van der Waals surface area contributed by atoms with E-state index in [1.54, 1.807) is 19.2 Å². The van der Waals surface area contributed by atoms with Gasteiger partial charge in [-0.1, -0.05) is 11.6 Å². The summed E-state index contributed by atoms with van der Waals surface area (Å²) in [6, 6.07) is 3.04. The number of hydrogen-bond donors (Lipinski definition) is 1. The van der Waals surface area contributed by atoms with Crippen molar-refractivity contribution in [2.24, 2.45) is 5.73 Å². The smallest absolute Gasteiger partial charge is 0.307 e. The number of aryl methyl sites for hydroxylation is 1. The summed E-state index contributed by atoms with van der Waals surface area (Å²) in [7, 11) is 2.88. The van der Waals surface area contributed by atoms with Crippen molar-refractivity contribution in [3.63, 3.8) is 0 Å². The third-order valence-corrected chi connectivity index (χ3v) is 2.93. The molecule has 0 saturated carbocycles. The molecule has 1 rings (SSSR count). The highest BCUT2D eigenvalue weighted by atomic mass is 35.5. The Labute approximate surface area is 106 Å². The SMILES string of the molecule is COC(=O)CC(N)c1cc(Cl)c(C)cc1OC. The Morgan fingerprint density at radius 3 is 2.65 bits per heavy atom. The van der Waals surface area contributed by atoms with Crippen LogP contribution >= 0.6 is 11.6 Å². The molecule has 4 nitrogen and oxygen atoms in total. The summed E-state index contributed by atoms with van der Waals surface area (Å²) in [5, 5.41) is 0.598. The van der Waals surface area contributed by atoms with E-state index >= 15 is 0 Å². The van der Waals surface area contributed by atoms with E-state index in [2.05, 4.69) is 4.74 Å². The van der Waals surface area contributed by atoms with Crippen molar-refractivity contribution in [1.82, 2.24) is 0 Å². The van der Waals surface area contributed by atoms with Gasteiger partial charge in [-0.25, -0.2) is 0 Å². The molecule has 0 bridgehead atoms. The molecule has 1 aromatic rings. The van der Waals surface area contributed by atoms with Crippen molar-refractivity contribution in [3.05, 3.63) is 28.3 Å². The quantitative estimate of drug-likeness (QED) is 0.840. The molecule has 0 aliphatic rings. The van der Waals surface area contributed by atoms with Crippen LogP contribution in [-0.4, -0.2) is 20.2 Å². The Morgan fingerprint density at radius 1 is 1.47 bits per heavy atom. The van der Waals surface area contributed by atoms with Crippen LogP contribution in [0, 0.1) is 6.92 Å². The van der Waals surface area contributed by atoms with E-state index in [9.17, 15) is 4.79 Å². The molecule has 0 aliphatic carbocycles. The van der Waals surface area contributed by atoms with Crippen molar-refractivity contribution in [2.45, 2.75) is 19.4 Å². The van der Waals surface area contributed by atoms with Crippen LogP contribution in [0.3, 0.4) is 0 Å². The fourth-order valence-electron chi connectivity index (χ4n) is 1.51. The Bertz CT molecular complexity index is 420. The third-order valence-electron chi connectivity index (χ3n) is 2.52. The molecule has 0 aliphatic heterocycles. The van der Waals surface area contributed by atoms with E-state index < -0.39 is 6.04 Å². The average molecular weight is 258 g/mol. The van der Waals surface area contributed by atoms with Gasteiger partial charge in [0, 0.05) is 16.6 Å². The monoisotopic (exact) mass is 257 g/mol. The number of carbonyl (C=O) groups excluding carboxylic acids is 1. The van der Waals surface area contributed by atoms with Crippen LogP contribution in [0.4, 0.5) is 0 Å². The maximum Gasteiger partial charge on any atom is 0.307 e. The Kier molecular flexibility index (Phi) is 4.78. The van der Waals surface area contributed by atoms with Crippen molar-refractivity contribution in [1.29, 1.82) is 0 Å². The Balaban J connectivity index is 3.03. The minimum Gasteiger partial charge on any atom is -0.496 e. The van der Waals surface area contributed by atoms with E-state index in [-0.39, 0.29) is 12.4 Å². The van der Waals surface area contributed by atoms with Gasteiger partial charge in [0.2, 0.25) is 0 Å². The molecule has 94 valence electrons. The number of halogens is 1. The van der Waals surface area contributed by atoms with Gasteiger partial charge in [0.1, 0.15) is 5.75 Å². The number of benzene rings is 1. The number of carbonyl (C=O) groups is 1. The maximum absolute atomic E-state index is 11.2. The number of nitrogens with two attached hydrogens (primary N) is 1. The zero-order valence-electron chi connectivity index (χ0n) is 10.1. The van der Waals surface area contributed by atoms with Gasteiger partial charge in [-0.2, -0.15) is 0 Å². The zero-order valence-corrected chi connectivity index (χ0v) is 10.9. The molecule has 0 fully saturated rings. The van der Waals surface area contributed by atoms with Gasteiger partial charge in [0.05, 0.1) is 20.6 Å². The second-order valence-electron chi connectivity index (χ2n) is 3.73. The van der Waals surface area contributed by atoms with Gasteiger partial charge >= 0.3 is 5.97 Å². The average Bonchev–Trinajstić information content (AvgIpc) is 2.31. The first-order valence-corrected chi connectivity index (χ1v) is 5.53. The number of hydrogen-bond acceptors (Lipinski definition) is 4. The van der Waals surface area contributed by atoms with Crippen molar-refractivity contribution in [2.75, 3.05) is 14.2 Å². The van der Waals surface area contributed by atoms with E-state index in [4.69, 9.17) is 22.1 Å². The molecule has 5 heteroatoms. The lowest BCUT2D eigenvalue weighted by atomic mass is 10.0. The summed E-state index contributed by atoms with van der Waals surface area (Å²) in [6.45, 7) is 1.88. The maximum atomic E-state index is 11.2. The molecule has 0 radical (unpaired) electrons. The molecule has 0 spiro atoms. The van der Waals surface area contributed by atoms with Crippen LogP contribution in [0.2, 0.25) is 5.02 Å². The molecule has 0 saturated heterocycles. The topological polar surface area (TPSA) is 61.5 Å². The Morgan fingerprint density at radius 2 is 2.12 bits per heavy atom. The summed E-state index contributed by atoms with van der Waals surface area (Å²) in [4.78, 5) is 11.2. The lowest BCUT2D eigenvalue weighted by molar-refractivity contribution is -0.141. The highest BCUT2D eigenvalue weighted by Gasteiger charge is 2.17. The van der Waals surface area contributed by atoms with Gasteiger partial charge in [-0.3, -0.25) is 4.79 Å². The molecular weight excluding hydrogens is 242 g/mol. The van der Waals surface area contributed by atoms with E-state index in [0.29, 0.717) is 16.3 Å². The molecule has 0 heterocycles. The highest BCUT2D eigenvalue weighted by Crippen LogP contribution is 2.31. The summed E-state index contributed by atoms with van der Waals surface area (Å²) in [6.07, 6.45) is 0.0895. The summed E-state index contributed by atoms with van der Waals surface area (Å²) < 4.78 is 9.80. The van der Waals surface area contributed by atoms with Crippen molar-refractivity contribution < 1.29 is 14.3 Å². The fraction of sp³-hybridized carbons (Fsp3) is 0.417. The first-order valence-electron chi connectivity index (χ1n) is 5.16. The van der Waals surface area contributed by atoms with Crippen LogP contribution in [0.5, 0.6) is 5.75 Å². The lowest BCUT2D eigenvalue weighted by Crippen LogP contribution is -2.17. The number of rotatable bonds is 4. The molecule has 2 N–H and O–H groups in total. The predicted octanol–water partition coefficient (Wildman–Crippen LogP) is 2.22. The minimum atomic E-state index is -0.490. The van der Waals surface area contributed by atoms with Gasteiger partial charge in [0.25, 0.3) is 0 Å². The van der Waals surface area contributed by atoms with Crippen molar-refractivity contribution in [3.8, 4) is 5.75 Å². The largest absolute Gasteiger partial charge is 0.496 e. The van der Waals surface area contributed by atoms with Crippen molar-refractivity contribution >= 4 is 17.6 Å². The van der Waals surface area contributed by atoms with Gasteiger partial charge < -0.3 is 15.2 Å². The molecule has 1 unspecified atom stereocenters. The standard InChI is InChI=1S/C12H16ClNO3/c1-7-4-11(16-2)8(5-9(7)13)10(14)6-12(15)17-3/h4-5,10H,6,14H2,1-3H3. The zero-order chi connectivity index (χ0) is 13.0. The van der Waals surface area contributed by atoms with E-state index in [0.717, 1.165) is 5.56 Å². The fourth-order valence-corrected chi connectivity index (χ4v) is 1.68. The van der Waals surface area contributed by atoms with Crippen LogP contribution in [0.15, 0.2) is 12.1 Å². The first kappa shape index (κ1) is 13.8. The normalized spacial score (nSPS) is 12.1. The van der Waals surface area contributed by atoms with Crippen LogP contribution in [0.1, 0.15) is 23.6 Å². The molecule has 0 amide bonds. The second-order valence-corrected chi connectivity index (χ2v) is 4.14. The summed E-state index contributed by atoms with van der Waals surface area (Å²) in [5.74, 6) is 0.263. The van der Waals surface area contributed by atoms with Gasteiger partial charge in [-0.05, 0) is 24.6 Å². The number of esters is 1. The molecule has 17 heavy (non-hydrogen) atoms. The summed E-state index contributed by atoms with van der Waals surface area (Å²) in [5.41, 5.74) is 7.53. The van der Waals surface area contributed by atoms with Gasteiger partial charge in [0.15, 0.2) is 0 Å². The number of methoxy groups -OCH3 is 2. The molecule has 1 aromatic carbocycles. The predicted molar refractivity (Wildman–Crippen MR) is 66.3 cm³/mol. The van der Waals surface area contributed by atoms with E-state index in [1.165, 1.54) is 7.11 Å². The minimum absolute atomic E-state index is 0.0895. The Hall–Kier alpha value is -1.26. The van der Waals surface area contributed by atoms with Crippen LogP contribution < -0.4 is 10.5 Å². The second kappa shape index (κ2) is 5.89. The van der Waals surface area contributed by atoms with Crippen LogP contribution in [-0.2, 0) is 9.53 Å². The van der Waals surface area contributed by atoms with Crippen LogP contribution in [0.25, 0.3) is 0 Å². The summed E-state index contributed by atoms with van der Waals surface area (Å²) >= 11 is 6.03. The molecule has 1 atom stereocenters. The number of ether oxygens (including phenoxy) is 2. The van der Waals surface area contributed by atoms with Gasteiger partial charge in [-0.15, -0.1) is 0 Å².